The summed E-state index contributed by atoms with van der Waals surface area (Å²) < 4.78 is 31.2. The van der Waals surface area contributed by atoms with Crippen LogP contribution in [0.3, 0.4) is 0 Å². The van der Waals surface area contributed by atoms with Gasteiger partial charge in [-0.1, -0.05) is 19.9 Å². The van der Waals surface area contributed by atoms with E-state index in [0.29, 0.717) is 12.1 Å². The average Bonchev–Trinajstić information content (AvgIpc) is 2.46. The highest BCUT2D eigenvalue weighted by Gasteiger charge is 2.28. The van der Waals surface area contributed by atoms with E-state index in [1.807, 2.05) is 13.8 Å². The SMILES string of the molecule is COC(=O)c1cc(S(=O)(=O)N(C)CC(C)(C)CN)ccc1C. The molecule has 0 radical (unpaired) electrons. The first-order valence-corrected chi connectivity index (χ1v) is 8.34. The summed E-state index contributed by atoms with van der Waals surface area (Å²) in [5.74, 6) is -0.556. The van der Waals surface area contributed by atoms with Gasteiger partial charge in [0.1, 0.15) is 0 Å². The third-order valence-electron chi connectivity index (χ3n) is 3.53. The molecule has 1 rings (SSSR count). The molecule has 1 aromatic rings. The number of rotatable bonds is 6. The lowest BCUT2D eigenvalue weighted by molar-refractivity contribution is 0.0599. The molecule has 0 aromatic heterocycles. The molecular weight excluding hydrogens is 304 g/mol. The standard InChI is InChI=1S/C15H24N2O4S/c1-11-6-7-12(8-13(11)14(18)21-5)22(19,20)17(4)10-15(2,3)9-16/h6-8H,9-10,16H2,1-5H3. The van der Waals surface area contributed by atoms with Gasteiger partial charge in [0.25, 0.3) is 0 Å². The zero-order valence-electron chi connectivity index (χ0n) is 13.7. The van der Waals surface area contributed by atoms with Crippen LogP contribution in [0.1, 0.15) is 29.8 Å². The summed E-state index contributed by atoms with van der Waals surface area (Å²) in [5, 5.41) is 0. The second kappa shape index (κ2) is 6.76. The number of ether oxygens (including phenoxy) is 1. The highest BCUT2D eigenvalue weighted by Crippen LogP contribution is 2.23. The number of nitrogens with zero attached hydrogens (tertiary/aromatic N) is 1. The summed E-state index contributed by atoms with van der Waals surface area (Å²) in [6.07, 6.45) is 0. The van der Waals surface area contributed by atoms with Gasteiger partial charge in [-0.25, -0.2) is 17.5 Å². The molecule has 0 fully saturated rings. The average molecular weight is 328 g/mol. The minimum absolute atomic E-state index is 0.0637. The zero-order chi connectivity index (χ0) is 17.1. The van der Waals surface area contributed by atoms with Gasteiger partial charge in [-0.3, -0.25) is 0 Å². The summed E-state index contributed by atoms with van der Waals surface area (Å²) in [4.78, 5) is 11.8. The molecule has 1 aromatic carbocycles. The van der Waals surface area contributed by atoms with Crippen molar-refractivity contribution >= 4 is 16.0 Å². The van der Waals surface area contributed by atoms with Crippen LogP contribution in [-0.2, 0) is 14.8 Å². The lowest BCUT2D eigenvalue weighted by Crippen LogP contribution is -2.39. The third kappa shape index (κ3) is 4.06. The van der Waals surface area contributed by atoms with Crippen molar-refractivity contribution < 1.29 is 17.9 Å². The second-order valence-electron chi connectivity index (χ2n) is 6.10. The van der Waals surface area contributed by atoms with E-state index in [0.717, 1.165) is 0 Å². The fourth-order valence-electron chi connectivity index (χ4n) is 2.02. The van der Waals surface area contributed by atoms with E-state index >= 15 is 0 Å². The first-order valence-electron chi connectivity index (χ1n) is 6.90. The number of nitrogens with two attached hydrogens (primary N) is 1. The summed E-state index contributed by atoms with van der Waals surface area (Å²) in [6.45, 7) is 6.17. The van der Waals surface area contributed by atoms with Crippen molar-refractivity contribution in [3.8, 4) is 0 Å². The number of benzene rings is 1. The topological polar surface area (TPSA) is 89.7 Å². The number of hydrogen-bond donors (Lipinski definition) is 1. The van der Waals surface area contributed by atoms with Gasteiger partial charge in [-0.2, -0.15) is 0 Å². The highest BCUT2D eigenvalue weighted by atomic mass is 32.2. The Kier molecular flexibility index (Phi) is 5.72. The first kappa shape index (κ1) is 18.6. The van der Waals surface area contributed by atoms with Crippen molar-refractivity contribution in [2.24, 2.45) is 11.1 Å². The molecule has 124 valence electrons. The van der Waals surface area contributed by atoms with Crippen molar-refractivity contribution in [1.29, 1.82) is 0 Å². The van der Waals surface area contributed by atoms with Crippen LogP contribution in [0.15, 0.2) is 23.1 Å². The van der Waals surface area contributed by atoms with Crippen molar-refractivity contribution in [3.05, 3.63) is 29.3 Å². The van der Waals surface area contributed by atoms with E-state index in [9.17, 15) is 13.2 Å². The number of hydrogen-bond acceptors (Lipinski definition) is 5. The van der Waals surface area contributed by atoms with E-state index in [4.69, 9.17) is 5.73 Å². The number of methoxy groups -OCH3 is 1. The first-order chi connectivity index (χ1) is 10.0. The second-order valence-corrected chi connectivity index (χ2v) is 8.14. The van der Waals surface area contributed by atoms with Gasteiger partial charge >= 0.3 is 5.97 Å². The van der Waals surface area contributed by atoms with Gasteiger partial charge < -0.3 is 10.5 Å². The van der Waals surface area contributed by atoms with Crippen LogP contribution < -0.4 is 5.73 Å². The molecule has 0 amide bonds. The smallest absolute Gasteiger partial charge is 0.338 e. The molecule has 0 saturated heterocycles. The lowest BCUT2D eigenvalue weighted by Gasteiger charge is -2.28. The molecular formula is C15H24N2O4S. The number of esters is 1. The number of carbonyl (C=O) groups is 1. The molecule has 22 heavy (non-hydrogen) atoms. The molecule has 0 saturated carbocycles. The Hall–Kier alpha value is -1.44. The Morgan fingerprint density at radius 3 is 2.45 bits per heavy atom. The maximum atomic E-state index is 12.6. The Balaban J connectivity index is 3.21. The normalized spacial score (nSPS) is 12.5. The number of aryl methyl sites for hydroxylation is 1. The zero-order valence-corrected chi connectivity index (χ0v) is 14.5. The van der Waals surface area contributed by atoms with Gasteiger partial charge in [-0.15, -0.1) is 0 Å². The molecule has 0 aliphatic heterocycles. The van der Waals surface area contributed by atoms with Crippen LogP contribution in [0.5, 0.6) is 0 Å². The van der Waals surface area contributed by atoms with E-state index in [1.165, 1.54) is 30.6 Å². The fraction of sp³-hybridized carbons (Fsp3) is 0.533. The van der Waals surface area contributed by atoms with Crippen molar-refractivity contribution in [2.45, 2.75) is 25.7 Å². The third-order valence-corrected chi connectivity index (χ3v) is 5.33. The molecule has 0 aliphatic rings. The molecule has 0 atom stereocenters. The van der Waals surface area contributed by atoms with Gasteiger partial charge in [0.05, 0.1) is 17.6 Å². The summed E-state index contributed by atoms with van der Waals surface area (Å²) >= 11 is 0. The van der Waals surface area contributed by atoms with Crippen LogP contribution in [0.4, 0.5) is 0 Å². The van der Waals surface area contributed by atoms with Crippen molar-refractivity contribution in [1.82, 2.24) is 4.31 Å². The van der Waals surface area contributed by atoms with Crippen molar-refractivity contribution in [2.75, 3.05) is 27.2 Å². The van der Waals surface area contributed by atoms with Crippen LogP contribution in [0.25, 0.3) is 0 Å². The molecule has 0 unspecified atom stereocenters. The minimum Gasteiger partial charge on any atom is -0.465 e. The van der Waals surface area contributed by atoms with E-state index in [1.54, 1.807) is 13.0 Å². The number of sulfonamides is 1. The van der Waals surface area contributed by atoms with E-state index in [-0.39, 0.29) is 22.4 Å². The van der Waals surface area contributed by atoms with Gasteiger partial charge in [0, 0.05) is 13.6 Å². The maximum absolute atomic E-state index is 12.6. The van der Waals surface area contributed by atoms with Crippen LogP contribution in [0.2, 0.25) is 0 Å². The largest absolute Gasteiger partial charge is 0.465 e. The molecule has 0 heterocycles. The predicted molar refractivity (Wildman–Crippen MR) is 85.2 cm³/mol. The summed E-state index contributed by atoms with van der Waals surface area (Å²) in [5.41, 5.74) is 6.23. The van der Waals surface area contributed by atoms with Crippen LogP contribution in [-0.4, -0.2) is 45.9 Å². The Labute approximate surface area is 132 Å². The Morgan fingerprint density at radius 1 is 1.36 bits per heavy atom. The molecule has 7 heteroatoms. The van der Waals surface area contributed by atoms with Crippen LogP contribution in [0, 0.1) is 12.3 Å². The van der Waals surface area contributed by atoms with Gasteiger partial charge in [0.2, 0.25) is 10.0 Å². The van der Waals surface area contributed by atoms with Crippen LogP contribution >= 0.6 is 0 Å². The number of carbonyl (C=O) groups excluding carboxylic acids is 1. The predicted octanol–water partition coefficient (Wildman–Crippen LogP) is 1.39. The van der Waals surface area contributed by atoms with Gasteiger partial charge in [-0.05, 0) is 36.6 Å². The Morgan fingerprint density at radius 2 is 1.95 bits per heavy atom. The maximum Gasteiger partial charge on any atom is 0.338 e. The quantitative estimate of drug-likeness (QED) is 0.797. The minimum atomic E-state index is -3.69. The lowest BCUT2D eigenvalue weighted by atomic mass is 9.94. The molecule has 0 bridgehead atoms. The molecule has 0 spiro atoms. The summed E-state index contributed by atoms with van der Waals surface area (Å²) in [6, 6.07) is 4.44. The fourth-order valence-corrected chi connectivity index (χ4v) is 3.41. The molecule has 0 aliphatic carbocycles. The molecule has 2 N–H and O–H groups in total. The molecule has 6 nitrogen and oxygen atoms in total. The van der Waals surface area contributed by atoms with Gasteiger partial charge in [0.15, 0.2) is 0 Å². The van der Waals surface area contributed by atoms with Crippen molar-refractivity contribution in [3.63, 3.8) is 0 Å². The summed E-state index contributed by atoms with van der Waals surface area (Å²) in [7, 11) is -0.926. The highest BCUT2D eigenvalue weighted by molar-refractivity contribution is 7.89. The van der Waals surface area contributed by atoms with E-state index < -0.39 is 16.0 Å². The Bertz CT molecular complexity index is 654. The van der Waals surface area contributed by atoms with E-state index in [2.05, 4.69) is 4.74 Å². The monoisotopic (exact) mass is 328 g/mol.